The molecule has 0 unspecified atom stereocenters. The first-order chi connectivity index (χ1) is 16.6. The van der Waals surface area contributed by atoms with Crippen LogP contribution < -0.4 is 15.2 Å². The summed E-state index contributed by atoms with van der Waals surface area (Å²) in [4.78, 5) is 21.6. The lowest BCUT2D eigenvalue weighted by Gasteiger charge is -2.24. The molecule has 35 heavy (non-hydrogen) atoms. The third kappa shape index (κ3) is 4.63. The van der Waals surface area contributed by atoms with Crippen molar-refractivity contribution >= 4 is 26.5 Å². The van der Waals surface area contributed by atoms with Crippen LogP contribution in [0.1, 0.15) is 30.3 Å². The van der Waals surface area contributed by atoms with E-state index in [2.05, 4.69) is 14.9 Å². The summed E-state index contributed by atoms with van der Waals surface area (Å²) in [5.74, 6) is -3.03. The van der Waals surface area contributed by atoms with E-state index in [1.54, 1.807) is 37.3 Å². The lowest BCUT2D eigenvalue weighted by molar-refractivity contribution is -0.385. The highest BCUT2D eigenvalue weighted by atomic mass is 32.2. The maximum Gasteiger partial charge on any atom is 0.434 e. The van der Waals surface area contributed by atoms with Gasteiger partial charge in [0.1, 0.15) is 22.5 Å². The van der Waals surface area contributed by atoms with E-state index in [-0.39, 0.29) is 22.9 Å². The third-order valence-corrected chi connectivity index (χ3v) is 7.00. The number of fused-ring (bicyclic) bond motifs is 1. The van der Waals surface area contributed by atoms with E-state index in [1.165, 1.54) is 6.07 Å². The van der Waals surface area contributed by atoms with E-state index in [1.807, 2.05) is 0 Å². The second-order valence-electron chi connectivity index (χ2n) is 7.61. The highest BCUT2D eigenvalue weighted by Gasteiger charge is 2.34. The van der Waals surface area contributed by atoms with Crippen molar-refractivity contribution in [3.63, 3.8) is 0 Å². The normalized spacial score (nSPS) is 13.5. The monoisotopic (exact) mass is 502 g/mol. The molecule has 0 aliphatic carbocycles. The van der Waals surface area contributed by atoms with Crippen LogP contribution in [0.3, 0.4) is 0 Å². The van der Waals surface area contributed by atoms with Gasteiger partial charge in [-0.05, 0) is 22.9 Å². The molecular weight excluding hydrogens is 483 g/mol. The second-order valence-corrected chi connectivity index (χ2v) is 9.30. The fourth-order valence-electron chi connectivity index (χ4n) is 3.86. The third-order valence-electron chi connectivity index (χ3n) is 5.52. The van der Waals surface area contributed by atoms with Crippen molar-refractivity contribution in [2.24, 2.45) is 0 Å². The van der Waals surface area contributed by atoms with Crippen LogP contribution in [0.15, 0.2) is 68.7 Å². The molecule has 0 bridgehead atoms. The molecule has 4 rings (SSSR count). The van der Waals surface area contributed by atoms with Gasteiger partial charge in [0.15, 0.2) is 0 Å². The number of sulfonamides is 1. The number of hydrogen-bond donors (Lipinski definition) is 2. The van der Waals surface area contributed by atoms with Crippen LogP contribution >= 0.6 is 0 Å². The molecule has 0 saturated heterocycles. The van der Waals surface area contributed by atoms with Gasteiger partial charge in [-0.3, -0.25) is 10.1 Å². The van der Waals surface area contributed by atoms with Gasteiger partial charge in [-0.15, -0.1) is 5.10 Å². The molecule has 0 saturated carbocycles. The SMILES string of the molecule is COc1cc([N+](=O)[O-])ccc1S(=O)(=O)N[C@H](c1n[nH]c(=O)o1)[C@H](C)c1c(F)ccc2ccccc12. The van der Waals surface area contributed by atoms with Crippen LogP contribution in [0.2, 0.25) is 0 Å². The summed E-state index contributed by atoms with van der Waals surface area (Å²) < 4.78 is 54.3. The molecule has 0 amide bonds. The molecule has 0 fully saturated rings. The smallest absolute Gasteiger partial charge is 0.434 e. The Morgan fingerprint density at radius 1 is 1.20 bits per heavy atom. The van der Waals surface area contributed by atoms with Crippen LogP contribution in [-0.4, -0.2) is 30.6 Å². The van der Waals surface area contributed by atoms with Gasteiger partial charge >= 0.3 is 5.76 Å². The molecule has 2 atom stereocenters. The maximum atomic E-state index is 15.1. The number of H-pyrrole nitrogens is 1. The number of rotatable bonds is 8. The number of halogens is 1. The first-order valence-electron chi connectivity index (χ1n) is 10.2. The predicted octanol–water partition coefficient (Wildman–Crippen LogP) is 3.40. The van der Waals surface area contributed by atoms with E-state index in [9.17, 15) is 23.3 Å². The van der Waals surface area contributed by atoms with E-state index >= 15 is 4.39 Å². The molecular formula is C22H19FN4O7S. The fraction of sp³-hybridized carbons (Fsp3) is 0.182. The number of methoxy groups -OCH3 is 1. The summed E-state index contributed by atoms with van der Waals surface area (Å²) in [5.41, 5.74) is -0.195. The highest BCUT2D eigenvalue weighted by molar-refractivity contribution is 7.89. The fourth-order valence-corrected chi connectivity index (χ4v) is 5.28. The van der Waals surface area contributed by atoms with Gasteiger partial charge in [-0.1, -0.05) is 37.3 Å². The van der Waals surface area contributed by atoms with Gasteiger partial charge in [0.2, 0.25) is 15.9 Å². The quantitative estimate of drug-likeness (QED) is 0.274. The summed E-state index contributed by atoms with van der Waals surface area (Å²) in [5, 5.41) is 18.2. The van der Waals surface area contributed by atoms with E-state index in [0.717, 1.165) is 30.7 Å². The van der Waals surface area contributed by atoms with Crippen molar-refractivity contribution in [1.82, 2.24) is 14.9 Å². The highest BCUT2D eigenvalue weighted by Crippen LogP contribution is 2.37. The first-order valence-corrected chi connectivity index (χ1v) is 11.7. The van der Waals surface area contributed by atoms with Gasteiger partial charge in [-0.2, -0.15) is 4.72 Å². The van der Waals surface area contributed by atoms with Crippen molar-refractivity contribution in [2.75, 3.05) is 7.11 Å². The molecule has 0 spiro atoms. The van der Waals surface area contributed by atoms with Crippen molar-refractivity contribution in [1.29, 1.82) is 0 Å². The number of nitro groups is 1. The van der Waals surface area contributed by atoms with Crippen LogP contribution in [0.5, 0.6) is 5.75 Å². The van der Waals surface area contributed by atoms with Crippen molar-refractivity contribution < 1.29 is 26.9 Å². The Balaban J connectivity index is 1.83. The van der Waals surface area contributed by atoms with E-state index < -0.39 is 43.4 Å². The van der Waals surface area contributed by atoms with E-state index in [0.29, 0.717) is 5.39 Å². The largest absolute Gasteiger partial charge is 0.495 e. The van der Waals surface area contributed by atoms with Crippen molar-refractivity contribution in [2.45, 2.75) is 23.8 Å². The minimum absolute atomic E-state index is 0.178. The molecule has 13 heteroatoms. The Labute approximate surface area is 197 Å². The van der Waals surface area contributed by atoms with E-state index in [4.69, 9.17) is 9.15 Å². The molecule has 3 aromatic carbocycles. The number of hydrogen-bond acceptors (Lipinski definition) is 8. The summed E-state index contributed by atoms with van der Waals surface area (Å²) in [6, 6.07) is 11.5. The summed E-state index contributed by atoms with van der Waals surface area (Å²) in [6.07, 6.45) is 0. The zero-order valence-corrected chi connectivity index (χ0v) is 19.2. The topological polar surface area (TPSA) is 157 Å². The van der Waals surface area contributed by atoms with Crippen LogP contribution in [0.4, 0.5) is 10.1 Å². The Morgan fingerprint density at radius 2 is 1.94 bits per heavy atom. The Hall–Kier alpha value is -4.10. The number of aromatic nitrogens is 2. The molecule has 0 aliphatic rings. The van der Waals surface area contributed by atoms with Crippen LogP contribution in [0, 0.1) is 15.9 Å². The molecule has 1 aromatic heterocycles. The van der Waals surface area contributed by atoms with Gasteiger partial charge in [0, 0.05) is 17.5 Å². The number of benzene rings is 3. The lowest BCUT2D eigenvalue weighted by atomic mass is 9.89. The standard InChI is InChI=1S/C22H19FN4O7S/c1-12(19-15-6-4-3-5-13(15)7-9-16(19)23)20(21-24-25-22(28)34-21)26-35(31,32)18-10-8-14(27(29)30)11-17(18)33-2/h3-12,20,26H,1-2H3,(H,25,28)/t12-,20+/m1/s1. The molecule has 11 nitrogen and oxygen atoms in total. The molecule has 182 valence electrons. The average Bonchev–Trinajstić information content (AvgIpc) is 3.27. The Bertz CT molecular complexity index is 1580. The zero-order chi connectivity index (χ0) is 25.3. The summed E-state index contributed by atoms with van der Waals surface area (Å²) in [6.45, 7) is 1.56. The molecule has 0 aliphatic heterocycles. The van der Waals surface area contributed by atoms with Gasteiger partial charge in [-0.25, -0.2) is 22.7 Å². The Morgan fingerprint density at radius 3 is 2.60 bits per heavy atom. The number of nitrogens with one attached hydrogen (secondary N) is 2. The van der Waals surface area contributed by atoms with Crippen molar-refractivity contribution in [3.05, 3.63) is 92.5 Å². The summed E-state index contributed by atoms with van der Waals surface area (Å²) in [7, 11) is -3.28. The number of non-ortho nitro benzene ring substituents is 1. The van der Waals surface area contributed by atoms with Crippen LogP contribution in [-0.2, 0) is 10.0 Å². The second kappa shape index (κ2) is 9.27. The lowest BCUT2D eigenvalue weighted by Crippen LogP contribution is -2.33. The maximum absolute atomic E-state index is 15.1. The number of nitrogens with zero attached hydrogens (tertiary/aromatic N) is 2. The van der Waals surface area contributed by atoms with Gasteiger partial charge < -0.3 is 9.15 Å². The minimum Gasteiger partial charge on any atom is -0.495 e. The Kier molecular flexibility index (Phi) is 6.37. The molecule has 2 N–H and O–H groups in total. The predicted molar refractivity (Wildman–Crippen MR) is 122 cm³/mol. The number of ether oxygens (including phenoxy) is 1. The van der Waals surface area contributed by atoms with Gasteiger partial charge in [0.25, 0.3) is 5.69 Å². The van der Waals surface area contributed by atoms with Gasteiger partial charge in [0.05, 0.1) is 18.1 Å². The zero-order valence-electron chi connectivity index (χ0n) is 18.4. The average molecular weight is 502 g/mol. The van der Waals surface area contributed by atoms with Crippen molar-refractivity contribution in [3.8, 4) is 5.75 Å². The number of aromatic amines is 1. The molecule has 4 aromatic rings. The minimum atomic E-state index is -4.44. The number of nitro benzene ring substituents is 1. The molecule has 0 radical (unpaired) electrons. The van der Waals surface area contributed by atoms with Crippen LogP contribution in [0.25, 0.3) is 10.8 Å². The molecule has 1 heterocycles. The summed E-state index contributed by atoms with van der Waals surface area (Å²) >= 11 is 0. The first kappa shape index (κ1) is 24.0.